The molecule has 0 spiro atoms. The third-order valence-electron chi connectivity index (χ3n) is 3.98. The molecule has 1 heterocycles. The van der Waals surface area contributed by atoms with Crippen molar-refractivity contribution in [2.45, 2.75) is 65.5 Å². The van der Waals surface area contributed by atoms with Gasteiger partial charge in [0, 0.05) is 17.5 Å². The fourth-order valence-corrected chi connectivity index (χ4v) is 2.82. The lowest BCUT2D eigenvalue weighted by Crippen LogP contribution is -2.43. The zero-order valence-electron chi connectivity index (χ0n) is 17.3. The lowest BCUT2D eigenvalue weighted by molar-refractivity contribution is -0.136. The molecule has 0 aliphatic carbocycles. The van der Waals surface area contributed by atoms with E-state index in [-0.39, 0.29) is 16.4 Å². The summed E-state index contributed by atoms with van der Waals surface area (Å²) in [6, 6.07) is 3.50. The van der Waals surface area contributed by atoms with E-state index in [1.807, 2.05) is 0 Å². The summed E-state index contributed by atoms with van der Waals surface area (Å²) in [5, 5.41) is 3.30. The number of halogens is 1. The maximum absolute atomic E-state index is 12.3. The van der Waals surface area contributed by atoms with Crippen LogP contribution in [0.2, 0.25) is 5.02 Å². The molecule has 7 nitrogen and oxygen atoms in total. The number of ether oxygens (including phenoxy) is 2. The van der Waals surface area contributed by atoms with Gasteiger partial charge in [-0.25, -0.2) is 14.4 Å². The van der Waals surface area contributed by atoms with Crippen molar-refractivity contribution in [2.75, 3.05) is 0 Å². The van der Waals surface area contributed by atoms with Crippen molar-refractivity contribution in [2.24, 2.45) is 0 Å². The molecule has 1 amide bonds. The van der Waals surface area contributed by atoms with Gasteiger partial charge in [-0.15, -0.1) is 0 Å². The van der Waals surface area contributed by atoms with Gasteiger partial charge in [-0.1, -0.05) is 24.9 Å². The van der Waals surface area contributed by atoms with Crippen molar-refractivity contribution in [1.82, 2.24) is 5.32 Å². The first kappa shape index (κ1) is 22.7. The summed E-state index contributed by atoms with van der Waals surface area (Å²) in [5.74, 6) is -0.695. The fraction of sp³-hybridized carbons (Fsp3) is 0.476. The van der Waals surface area contributed by atoms with Crippen molar-refractivity contribution in [3.05, 3.63) is 39.2 Å². The summed E-state index contributed by atoms with van der Waals surface area (Å²) in [6.07, 6.45) is 1.87. The summed E-state index contributed by atoms with van der Waals surface area (Å²) in [7, 11) is 0. The van der Waals surface area contributed by atoms with Crippen LogP contribution in [0, 0.1) is 0 Å². The van der Waals surface area contributed by atoms with E-state index >= 15 is 0 Å². The Morgan fingerprint density at radius 2 is 1.93 bits per heavy atom. The summed E-state index contributed by atoms with van der Waals surface area (Å²) >= 11 is 6.28. The highest BCUT2D eigenvalue weighted by molar-refractivity contribution is 6.33. The second-order valence-corrected chi connectivity index (χ2v) is 8.17. The monoisotopic (exact) mass is 423 g/mol. The van der Waals surface area contributed by atoms with E-state index in [0.29, 0.717) is 11.8 Å². The van der Waals surface area contributed by atoms with E-state index in [2.05, 4.69) is 12.2 Å². The minimum absolute atomic E-state index is 0.0396. The number of fused-ring (bicyclic) bond motifs is 1. The van der Waals surface area contributed by atoms with Crippen LogP contribution >= 0.6 is 11.6 Å². The van der Waals surface area contributed by atoms with Gasteiger partial charge in [0.05, 0.1) is 5.02 Å². The molecule has 0 fully saturated rings. The molecule has 0 radical (unpaired) electrons. The molecule has 2 rings (SSSR count). The van der Waals surface area contributed by atoms with Gasteiger partial charge in [0.1, 0.15) is 17.2 Å². The number of esters is 1. The van der Waals surface area contributed by atoms with E-state index in [1.165, 1.54) is 19.1 Å². The molecule has 0 aliphatic rings. The van der Waals surface area contributed by atoms with Crippen molar-refractivity contribution < 1.29 is 23.5 Å². The number of rotatable bonds is 6. The highest BCUT2D eigenvalue weighted by Gasteiger charge is 2.23. The van der Waals surface area contributed by atoms with E-state index < -0.39 is 29.3 Å². The predicted octanol–water partition coefficient (Wildman–Crippen LogP) is 4.61. The first-order valence-electron chi connectivity index (χ1n) is 9.47. The Morgan fingerprint density at radius 1 is 1.24 bits per heavy atom. The summed E-state index contributed by atoms with van der Waals surface area (Å²) in [4.78, 5) is 36.0. The van der Waals surface area contributed by atoms with Crippen molar-refractivity contribution >= 4 is 34.6 Å². The molecule has 29 heavy (non-hydrogen) atoms. The minimum atomic E-state index is -0.973. The van der Waals surface area contributed by atoms with Crippen LogP contribution in [0.5, 0.6) is 5.75 Å². The zero-order valence-corrected chi connectivity index (χ0v) is 18.0. The Kier molecular flexibility index (Phi) is 7.30. The number of unbranched alkanes of at least 4 members (excludes halogenated alkanes) is 1. The maximum atomic E-state index is 12.3. The van der Waals surface area contributed by atoms with Gasteiger partial charge in [-0.3, -0.25) is 0 Å². The van der Waals surface area contributed by atoms with Crippen LogP contribution in [0.25, 0.3) is 11.0 Å². The summed E-state index contributed by atoms with van der Waals surface area (Å²) in [6.45, 7) is 8.67. The van der Waals surface area contributed by atoms with Crippen LogP contribution in [0.1, 0.15) is 53.0 Å². The van der Waals surface area contributed by atoms with Gasteiger partial charge in [0.2, 0.25) is 0 Å². The molecule has 0 saturated carbocycles. The molecular formula is C21H26ClNO6. The van der Waals surface area contributed by atoms with Crippen LogP contribution in [0.4, 0.5) is 4.79 Å². The predicted molar refractivity (Wildman–Crippen MR) is 111 cm³/mol. The highest BCUT2D eigenvalue weighted by atomic mass is 35.5. The average molecular weight is 424 g/mol. The van der Waals surface area contributed by atoms with Crippen molar-refractivity contribution in [3.8, 4) is 5.75 Å². The molecule has 0 saturated heterocycles. The second kappa shape index (κ2) is 9.31. The number of alkyl carbamates (subject to hydrolysis) is 1. The Balaban J connectivity index is 2.21. The number of carbonyl (C=O) groups is 2. The topological polar surface area (TPSA) is 94.8 Å². The van der Waals surface area contributed by atoms with Crippen LogP contribution in [0.15, 0.2) is 27.4 Å². The number of amides is 1. The number of carbonyl (C=O) groups excluding carboxylic acids is 2. The van der Waals surface area contributed by atoms with Gasteiger partial charge in [-0.05, 0) is 52.2 Å². The third-order valence-corrected chi connectivity index (χ3v) is 4.28. The maximum Gasteiger partial charge on any atom is 0.408 e. The smallest absolute Gasteiger partial charge is 0.408 e. The minimum Gasteiger partial charge on any atom is -0.444 e. The Morgan fingerprint density at radius 3 is 2.55 bits per heavy atom. The van der Waals surface area contributed by atoms with E-state index in [4.69, 9.17) is 25.5 Å². The molecule has 2 aromatic rings. The van der Waals surface area contributed by atoms with Crippen LogP contribution < -0.4 is 15.7 Å². The standard InChI is InChI=1S/C21H26ClNO6/c1-6-7-8-13-9-18(24)27-16-11-17(15(22)10-14(13)16)28-19(25)12(2)23-20(26)29-21(3,4)5/h9-12H,6-8H2,1-5H3,(H,23,26)/t12-/m1/s1. The van der Waals surface area contributed by atoms with Gasteiger partial charge < -0.3 is 19.2 Å². The molecule has 1 aromatic carbocycles. The molecule has 0 unspecified atom stereocenters. The van der Waals surface area contributed by atoms with Gasteiger partial charge in [0.25, 0.3) is 0 Å². The number of nitrogens with one attached hydrogen (secondary N) is 1. The van der Waals surface area contributed by atoms with E-state index in [9.17, 15) is 14.4 Å². The Labute approximate surface area is 174 Å². The Hall–Kier alpha value is -2.54. The molecule has 0 aliphatic heterocycles. The summed E-state index contributed by atoms with van der Waals surface area (Å²) in [5.41, 5.74) is -0.0629. The number of hydrogen-bond donors (Lipinski definition) is 1. The lowest BCUT2D eigenvalue weighted by atomic mass is 10.0. The number of benzene rings is 1. The van der Waals surface area contributed by atoms with Crippen molar-refractivity contribution in [1.29, 1.82) is 0 Å². The number of aryl methyl sites for hydroxylation is 1. The zero-order chi connectivity index (χ0) is 21.8. The molecule has 0 bridgehead atoms. The molecule has 1 atom stereocenters. The van der Waals surface area contributed by atoms with Gasteiger partial charge in [0.15, 0.2) is 5.75 Å². The van der Waals surface area contributed by atoms with Crippen molar-refractivity contribution in [3.63, 3.8) is 0 Å². The number of hydrogen-bond acceptors (Lipinski definition) is 6. The third kappa shape index (κ3) is 6.49. The van der Waals surface area contributed by atoms with Crippen LogP contribution in [-0.2, 0) is 16.0 Å². The first-order chi connectivity index (χ1) is 13.5. The SMILES string of the molecule is CCCCc1cc(=O)oc2cc(OC(=O)[C@@H](C)NC(=O)OC(C)(C)C)c(Cl)cc12. The Bertz CT molecular complexity index is 960. The van der Waals surface area contributed by atoms with Gasteiger partial charge in [-0.2, -0.15) is 0 Å². The molecule has 158 valence electrons. The highest BCUT2D eigenvalue weighted by Crippen LogP contribution is 2.32. The largest absolute Gasteiger partial charge is 0.444 e. The quantitative estimate of drug-likeness (QED) is 0.414. The molecule has 1 aromatic heterocycles. The van der Waals surface area contributed by atoms with E-state index in [1.54, 1.807) is 26.8 Å². The van der Waals surface area contributed by atoms with Crippen LogP contribution in [-0.4, -0.2) is 23.7 Å². The average Bonchev–Trinajstić information content (AvgIpc) is 2.59. The molecular weight excluding hydrogens is 398 g/mol. The van der Waals surface area contributed by atoms with Crippen LogP contribution in [0.3, 0.4) is 0 Å². The molecule has 1 N–H and O–H groups in total. The van der Waals surface area contributed by atoms with Gasteiger partial charge >= 0.3 is 17.7 Å². The normalized spacial score (nSPS) is 12.5. The summed E-state index contributed by atoms with van der Waals surface area (Å²) < 4.78 is 15.7. The molecule has 8 heteroatoms. The second-order valence-electron chi connectivity index (χ2n) is 7.76. The van der Waals surface area contributed by atoms with E-state index in [0.717, 1.165) is 18.4 Å². The lowest BCUT2D eigenvalue weighted by Gasteiger charge is -2.21. The first-order valence-corrected chi connectivity index (χ1v) is 9.85. The fourth-order valence-electron chi connectivity index (χ4n) is 2.62.